The van der Waals surface area contributed by atoms with E-state index in [1.54, 1.807) is 6.08 Å². The molecule has 5 nitrogen and oxygen atoms in total. The monoisotopic (exact) mass is 287 g/mol. The molecular weight excluding hydrogens is 274 g/mol. The molecule has 1 rings (SSSR count). The van der Waals surface area contributed by atoms with E-state index in [0.29, 0.717) is 11.7 Å². The summed E-state index contributed by atoms with van der Waals surface area (Å²) >= 11 is 7.25. The van der Waals surface area contributed by atoms with E-state index >= 15 is 0 Å². The standard InChI is InChI=1S/C11H14ClN3O2S/c1-3-4-15(5-6-16)10(17)9-8(12)7-13-11(14-9)18-2/h3,7,16H,1,4-6H2,2H3. The average molecular weight is 288 g/mol. The molecular formula is C11H14ClN3O2S. The first-order chi connectivity index (χ1) is 8.63. The fourth-order valence-corrected chi connectivity index (χ4v) is 1.81. The topological polar surface area (TPSA) is 66.3 Å². The van der Waals surface area contributed by atoms with Crippen LogP contribution in [0.4, 0.5) is 0 Å². The summed E-state index contributed by atoms with van der Waals surface area (Å²) in [5, 5.41) is 9.61. The zero-order valence-corrected chi connectivity index (χ0v) is 11.5. The minimum absolute atomic E-state index is 0.127. The van der Waals surface area contributed by atoms with Gasteiger partial charge >= 0.3 is 0 Å². The van der Waals surface area contributed by atoms with Crippen molar-refractivity contribution in [3.8, 4) is 0 Å². The largest absolute Gasteiger partial charge is 0.395 e. The zero-order valence-electron chi connectivity index (χ0n) is 9.97. The maximum Gasteiger partial charge on any atom is 0.274 e. The van der Waals surface area contributed by atoms with Gasteiger partial charge in [-0.25, -0.2) is 9.97 Å². The van der Waals surface area contributed by atoms with Gasteiger partial charge in [0, 0.05) is 13.1 Å². The molecule has 1 aromatic rings. The van der Waals surface area contributed by atoms with Gasteiger partial charge in [-0.3, -0.25) is 4.79 Å². The highest BCUT2D eigenvalue weighted by molar-refractivity contribution is 7.98. The van der Waals surface area contributed by atoms with Crippen molar-refractivity contribution in [3.63, 3.8) is 0 Å². The number of hydrogen-bond donors (Lipinski definition) is 1. The third kappa shape index (κ3) is 3.69. The van der Waals surface area contributed by atoms with Crippen molar-refractivity contribution in [2.24, 2.45) is 0 Å². The number of amides is 1. The van der Waals surface area contributed by atoms with Gasteiger partial charge in [-0.2, -0.15) is 0 Å². The molecule has 1 N–H and O–H groups in total. The third-order valence-corrected chi connectivity index (χ3v) is 2.95. The predicted octanol–water partition coefficient (Wildman–Crippen LogP) is 1.47. The highest BCUT2D eigenvalue weighted by Crippen LogP contribution is 2.18. The van der Waals surface area contributed by atoms with E-state index in [-0.39, 0.29) is 29.8 Å². The molecule has 0 saturated carbocycles. The number of aliphatic hydroxyl groups excluding tert-OH is 1. The van der Waals surface area contributed by atoms with Crippen LogP contribution in [0.5, 0.6) is 0 Å². The lowest BCUT2D eigenvalue weighted by Crippen LogP contribution is -2.34. The highest BCUT2D eigenvalue weighted by Gasteiger charge is 2.19. The Morgan fingerprint density at radius 1 is 1.72 bits per heavy atom. The molecule has 0 aliphatic carbocycles. The number of carbonyl (C=O) groups is 1. The van der Waals surface area contributed by atoms with Crippen LogP contribution in [0, 0.1) is 0 Å². The van der Waals surface area contributed by atoms with E-state index in [4.69, 9.17) is 16.7 Å². The van der Waals surface area contributed by atoms with Crippen molar-refractivity contribution in [1.82, 2.24) is 14.9 Å². The Hall–Kier alpha value is -1.11. The van der Waals surface area contributed by atoms with Crippen LogP contribution in [0.1, 0.15) is 10.5 Å². The lowest BCUT2D eigenvalue weighted by molar-refractivity contribution is 0.0736. The van der Waals surface area contributed by atoms with E-state index in [2.05, 4.69) is 16.5 Å². The second-order valence-electron chi connectivity index (χ2n) is 3.32. The van der Waals surface area contributed by atoms with E-state index < -0.39 is 0 Å². The second kappa shape index (κ2) is 7.35. The summed E-state index contributed by atoms with van der Waals surface area (Å²) in [6.45, 7) is 3.98. The van der Waals surface area contributed by atoms with Gasteiger partial charge in [0.1, 0.15) is 0 Å². The lowest BCUT2D eigenvalue weighted by Gasteiger charge is -2.19. The molecule has 18 heavy (non-hydrogen) atoms. The molecule has 0 saturated heterocycles. The fourth-order valence-electron chi connectivity index (χ4n) is 1.30. The molecule has 7 heteroatoms. The van der Waals surface area contributed by atoms with Crippen molar-refractivity contribution in [2.45, 2.75) is 5.16 Å². The molecule has 1 aromatic heterocycles. The van der Waals surface area contributed by atoms with Gasteiger partial charge in [0.15, 0.2) is 10.9 Å². The van der Waals surface area contributed by atoms with E-state index in [9.17, 15) is 4.79 Å². The average Bonchev–Trinajstić information content (AvgIpc) is 2.38. The SMILES string of the molecule is C=CCN(CCO)C(=O)c1nc(SC)ncc1Cl. The summed E-state index contributed by atoms with van der Waals surface area (Å²) in [5.74, 6) is -0.341. The third-order valence-electron chi connectivity index (χ3n) is 2.11. The minimum Gasteiger partial charge on any atom is -0.395 e. The van der Waals surface area contributed by atoms with E-state index in [1.807, 2.05) is 6.26 Å². The van der Waals surface area contributed by atoms with E-state index in [0.717, 1.165) is 0 Å². The fraction of sp³-hybridized carbons (Fsp3) is 0.364. The molecule has 0 bridgehead atoms. The van der Waals surface area contributed by atoms with Gasteiger partial charge in [0.25, 0.3) is 5.91 Å². The van der Waals surface area contributed by atoms with Crippen LogP contribution >= 0.6 is 23.4 Å². The summed E-state index contributed by atoms with van der Waals surface area (Å²) in [6, 6.07) is 0. The molecule has 0 aliphatic heterocycles. The summed E-state index contributed by atoms with van der Waals surface area (Å²) in [7, 11) is 0. The summed E-state index contributed by atoms with van der Waals surface area (Å²) in [4.78, 5) is 21.7. The van der Waals surface area contributed by atoms with Crippen LogP contribution < -0.4 is 0 Å². The predicted molar refractivity (Wildman–Crippen MR) is 72.0 cm³/mol. The number of aliphatic hydroxyl groups is 1. The van der Waals surface area contributed by atoms with Crippen LogP contribution in [-0.2, 0) is 0 Å². The molecule has 1 amide bonds. The van der Waals surface area contributed by atoms with Crippen LogP contribution in [-0.4, -0.2) is 51.8 Å². The van der Waals surface area contributed by atoms with Crippen molar-refractivity contribution in [3.05, 3.63) is 29.6 Å². The van der Waals surface area contributed by atoms with Crippen molar-refractivity contribution >= 4 is 29.3 Å². The number of halogens is 1. The first kappa shape index (κ1) is 14.9. The second-order valence-corrected chi connectivity index (χ2v) is 4.50. The summed E-state index contributed by atoms with van der Waals surface area (Å²) in [6.07, 6.45) is 4.80. The van der Waals surface area contributed by atoms with Gasteiger partial charge in [0.05, 0.1) is 17.8 Å². The number of nitrogens with zero attached hydrogens (tertiary/aromatic N) is 3. The zero-order chi connectivity index (χ0) is 13.5. The normalized spacial score (nSPS) is 10.2. The van der Waals surface area contributed by atoms with E-state index in [1.165, 1.54) is 22.9 Å². The first-order valence-electron chi connectivity index (χ1n) is 5.21. The van der Waals surface area contributed by atoms with Gasteiger partial charge in [0.2, 0.25) is 0 Å². The number of hydrogen-bond acceptors (Lipinski definition) is 5. The quantitative estimate of drug-likeness (QED) is 0.488. The highest BCUT2D eigenvalue weighted by atomic mass is 35.5. The Morgan fingerprint density at radius 2 is 2.44 bits per heavy atom. The molecule has 0 radical (unpaired) electrons. The molecule has 98 valence electrons. The Labute approximate surface area is 115 Å². The molecule has 0 aliphatic rings. The maximum absolute atomic E-state index is 12.2. The molecule has 0 atom stereocenters. The van der Waals surface area contributed by atoms with Gasteiger partial charge < -0.3 is 10.0 Å². The lowest BCUT2D eigenvalue weighted by atomic mass is 10.3. The van der Waals surface area contributed by atoms with Gasteiger partial charge in [-0.1, -0.05) is 29.4 Å². The Morgan fingerprint density at radius 3 is 3.00 bits per heavy atom. The number of carbonyl (C=O) groups excluding carboxylic acids is 1. The molecule has 0 fully saturated rings. The number of thioether (sulfide) groups is 1. The number of aromatic nitrogens is 2. The van der Waals surface area contributed by atoms with Gasteiger partial charge in [-0.15, -0.1) is 6.58 Å². The van der Waals surface area contributed by atoms with Gasteiger partial charge in [-0.05, 0) is 6.26 Å². The Balaban J connectivity index is 3.02. The maximum atomic E-state index is 12.2. The van der Waals surface area contributed by atoms with Crippen LogP contribution in [0.3, 0.4) is 0 Å². The number of rotatable bonds is 6. The van der Waals surface area contributed by atoms with Crippen molar-refractivity contribution in [1.29, 1.82) is 0 Å². The molecule has 0 unspecified atom stereocenters. The van der Waals surface area contributed by atoms with Crippen LogP contribution in [0.25, 0.3) is 0 Å². The first-order valence-corrected chi connectivity index (χ1v) is 6.81. The summed E-state index contributed by atoms with van der Waals surface area (Å²) < 4.78 is 0. The molecule has 0 spiro atoms. The van der Waals surface area contributed by atoms with Crippen molar-refractivity contribution < 1.29 is 9.90 Å². The smallest absolute Gasteiger partial charge is 0.274 e. The van der Waals surface area contributed by atoms with Crippen LogP contribution in [0.15, 0.2) is 24.0 Å². The minimum atomic E-state index is -0.341. The van der Waals surface area contributed by atoms with Crippen LogP contribution in [0.2, 0.25) is 5.02 Å². The molecule has 1 heterocycles. The Kier molecular flexibility index (Phi) is 6.11. The molecule has 0 aromatic carbocycles. The summed E-state index contributed by atoms with van der Waals surface area (Å²) in [5.41, 5.74) is 0.145. The van der Waals surface area contributed by atoms with Crippen molar-refractivity contribution in [2.75, 3.05) is 26.0 Å². The Bertz CT molecular complexity index is 442.